The van der Waals surface area contributed by atoms with Crippen molar-refractivity contribution in [2.75, 3.05) is 43.4 Å². The quantitative estimate of drug-likeness (QED) is 0.807. The first-order valence-electron chi connectivity index (χ1n) is 8.62. The summed E-state index contributed by atoms with van der Waals surface area (Å²) in [5.41, 5.74) is 2.44. The van der Waals surface area contributed by atoms with E-state index in [1.807, 2.05) is 12.1 Å². The first kappa shape index (κ1) is 18.4. The minimum absolute atomic E-state index is 0.252. The molecule has 0 unspecified atom stereocenters. The Kier molecular flexibility index (Phi) is 5.91. The number of halogens is 2. The average molecular weight is 375 g/mol. The number of benzene rings is 2. The Morgan fingerprint density at radius 3 is 2.58 bits per heavy atom. The van der Waals surface area contributed by atoms with Crippen LogP contribution >= 0.6 is 11.6 Å². The van der Waals surface area contributed by atoms with Gasteiger partial charge in [0.05, 0.1) is 44.6 Å². The second-order valence-electron chi connectivity index (χ2n) is 6.48. The molecule has 0 radical (unpaired) electrons. The van der Waals surface area contributed by atoms with Gasteiger partial charge in [0.1, 0.15) is 5.82 Å². The van der Waals surface area contributed by atoms with Gasteiger partial charge in [0.15, 0.2) is 0 Å². The van der Waals surface area contributed by atoms with Crippen LogP contribution in [0.5, 0.6) is 0 Å². The summed E-state index contributed by atoms with van der Waals surface area (Å²) in [6.45, 7) is 3.98. The van der Waals surface area contributed by atoms with Gasteiger partial charge in [-0.05, 0) is 42.0 Å². The van der Waals surface area contributed by atoms with Crippen molar-refractivity contribution in [2.24, 2.45) is 0 Å². The number of nitrogens with zero attached hydrogens (tertiary/aromatic N) is 1. The van der Waals surface area contributed by atoms with Gasteiger partial charge >= 0.3 is 0 Å². The fourth-order valence-corrected chi connectivity index (χ4v) is 3.11. The zero-order chi connectivity index (χ0) is 18.5. The standard InChI is InChI=1S/C20H21ClFN3O/c1-24-10-12-25(13-11-24)19-8-5-16(21)14-18(19)23-20(26)9-4-15-2-6-17(22)7-3-15/h2-9,14H,10-13H2,1H3,(H,23,26)/p+1/b9-4+. The third-order valence-electron chi connectivity index (χ3n) is 4.47. The predicted molar refractivity (Wildman–Crippen MR) is 104 cm³/mol. The molecule has 26 heavy (non-hydrogen) atoms. The van der Waals surface area contributed by atoms with Gasteiger partial charge in [-0.2, -0.15) is 0 Å². The first-order chi connectivity index (χ1) is 12.5. The number of anilines is 2. The fourth-order valence-electron chi connectivity index (χ4n) is 2.93. The van der Waals surface area contributed by atoms with Gasteiger partial charge in [0.2, 0.25) is 5.91 Å². The topological polar surface area (TPSA) is 36.8 Å². The highest BCUT2D eigenvalue weighted by Gasteiger charge is 2.20. The molecule has 0 aliphatic carbocycles. The van der Waals surface area contributed by atoms with E-state index in [-0.39, 0.29) is 11.7 Å². The number of carbonyl (C=O) groups excluding carboxylic acids is 1. The van der Waals surface area contributed by atoms with E-state index in [4.69, 9.17) is 11.6 Å². The molecule has 1 heterocycles. The minimum atomic E-state index is -0.302. The molecule has 2 aromatic rings. The Labute approximate surface area is 157 Å². The van der Waals surface area contributed by atoms with Crippen LogP contribution in [0.2, 0.25) is 5.02 Å². The van der Waals surface area contributed by atoms with Crippen molar-refractivity contribution in [1.82, 2.24) is 0 Å². The number of rotatable bonds is 4. The summed E-state index contributed by atoms with van der Waals surface area (Å²) in [5, 5.41) is 3.48. The van der Waals surface area contributed by atoms with E-state index in [0.717, 1.165) is 37.4 Å². The Bertz CT molecular complexity index is 799. The van der Waals surface area contributed by atoms with Crippen molar-refractivity contribution in [1.29, 1.82) is 0 Å². The molecule has 1 fully saturated rings. The maximum Gasteiger partial charge on any atom is 0.248 e. The number of quaternary nitrogens is 1. The van der Waals surface area contributed by atoms with Crippen LogP contribution in [0.3, 0.4) is 0 Å². The molecule has 1 aliphatic heterocycles. The third kappa shape index (κ3) is 4.84. The van der Waals surface area contributed by atoms with E-state index in [2.05, 4.69) is 17.3 Å². The highest BCUT2D eigenvalue weighted by atomic mass is 35.5. The van der Waals surface area contributed by atoms with Crippen LogP contribution in [0.25, 0.3) is 6.08 Å². The van der Waals surface area contributed by atoms with E-state index < -0.39 is 0 Å². The van der Waals surface area contributed by atoms with E-state index in [0.29, 0.717) is 10.7 Å². The second kappa shape index (κ2) is 8.34. The highest BCUT2D eigenvalue weighted by Crippen LogP contribution is 2.29. The van der Waals surface area contributed by atoms with Crippen LogP contribution in [0.4, 0.5) is 15.8 Å². The molecule has 2 N–H and O–H groups in total. The lowest BCUT2D eigenvalue weighted by Crippen LogP contribution is -3.12. The van der Waals surface area contributed by atoms with Crippen LogP contribution in [-0.4, -0.2) is 39.1 Å². The lowest BCUT2D eigenvalue weighted by molar-refractivity contribution is -0.880. The number of nitrogens with one attached hydrogen (secondary N) is 2. The van der Waals surface area contributed by atoms with Gasteiger partial charge in [-0.1, -0.05) is 23.7 Å². The van der Waals surface area contributed by atoms with E-state index in [1.165, 1.54) is 23.1 Å². The maximum atomic E-state index is 12.9. The zero-order valence-corrected chi connectivity index (χ0v) is 15.4. The Morgan fingerprint density at radius 2 is 1.88 bits per heavy atom. The number of carbonyl (C=O) groups is 1. The Balaban J connectivity index is 1.72. The van der Waals surface area contributed by atoms with E-state index in [9.17, 15) is 9.18 Å². The van der Waals surface area contributed by atoms with Gasteiger partial charge in [-0.3, -0.25) is 4.79 Å². The fraction of sp³-hybridized carbons (Fsp3) is 0.250. The molecule has 1 amide bonds. The van der Waals surface area contributed by atoms with Gasteiger partial charge < -0.3 is 15.1 Å². The molecule has 6 heteroatoms. The highest BCUT2D eigenvalue weighted by molar-refractivity contribution is 6.31. The summed E-state index contributed by atoms with van der Waals surface area (Å²) in [4.78, 5) is 16.1. The summed E-state index contributed by atoms with van der Waals surface area (Å²) in [7, 11) is 2.18. The van der Waals surface area contributed by atoms with Crippen LogP contribution < -0.4 is 15.1 Å². The molecule has 1 aliphatic rings. The summed E-state index contributed by atoms with van der Waals surface area (Å²) in [6.07, 6.45) is 3.09. The number of likely N-dealkylation sites (N-methyl/N-ethyl adjacent to an activating group) is 1. The van der Waals surface area contributed by atoms with Crippen molar-refractivity contribution in [3.05, 3.63) is 64.9 Å². The van der Waals surface area contributed by atoms with Crippen molar-refractivity contribution in [3.63, 3.8) is 0 Å². The lowest BCUT2D eigenvalue weighted by Gasteiger charge is -2.33. The zero-order valence-electron chi connectivity index (χ0n) is 14.6. The average Bonchev–Trinajstić information content (AvgIpc) is 2.62. The normalized spacial score (nSPS) is 15.4. The van der Waals surface area contributed by atoms with Gasteiger partial charge in [0, 0.05) is 11.1 Å². The Morgan fingerprint density at radius 1 is 1.19 bits per heavy atom. The van der Waals surface area contributed by atoms with E-state index in [1.54, 1.807) is 24.3 Å². The molecule has 0 aromatic heterocycles. The molecule has 0 spiro atoms. The number of hydrogen-bond donors (Lipinski definition) is 2. The molecular formula is C20H22ClFN3O+. The molecular weight excluding hydrogens is 353 g/mol. The van der Waals surface area contributed by atoms with Crippen molar-refractivity contribution in [3.8, 4) is 0 Å². The van der Waals surface area contributed by atoms with Crippen molar-refractivity contribution in [2.45, 2.75) is 0 Å². The van der Waals surface area contributed by atoms with E-state index >= 15 is 0 Å². The summed E-state index contributed by atoms with van der Waals surface area (Å²) >= 11 is 6.12. The number of hydrogen-bond acceptors (Lipinski definition) is 2. The number of amides is 1. The predicted octanol–water partition coefficient (Wildman–Crippen LogP) is 2.47. The maximum absolute atomic E-state index is 12.9. The van der Waals surface area contributed by atoms with Crippen LogP contribution in [0.15, 0.2) is 48.5 Å². The molecule has 2 aromatic carbocycles. The summed E-state index contributed by atoms with van der Waals surface area (Å²) in [6, 6.07) is 11.5. The molecule has 0 saturated carbocycles. The first-order valence-corrected chi connectivity index (χ1v) is 8.99. The number of piperazine rings is 1. The molecule has 136 valence electrons. The van der Waals surface area contributed by atoms with Crippen LogP contribution in [-0.2, 0) is 4.79 Å². The molecule has 4 nitrogen and oxygen atoms in total. The second-order valence-corrected chi connectivity index (χ2v) is 6.92. The largest absolute Gasteiger partial charge is 0.359 e. The minimum Gasteiger partial charge on any atom is -0.359 e. The van der Waals surface area contributed by atoms with Crippen LogP contribution in [0.1, 0.15) is 5.56 Å². The smallest absolute Gasteiger partial charge is 0.248 e. The van der Waals surface area contributed by atoms with Crippen molar-refractivity contribution < 1.29 is 14.1 Å². The van der Waals surface area contributed by atoms with Crippen LogP contribution in [0, 0.1) is 5.82 Å². The Hall–Kier alpha value is -2.37. The molecule has 3 rings (SSSR count). The molecule has 1 saturated heterocycles. The summed E-state index contributed by atoms with van der Waals surface area (Å²) in [5.74, 6) is -0.554. The lowest BCUT2D eigenvalue weighted by atomic mass is 10.2. The molecule has 0 bridgehead atoms. The third-order valence-corrected chi connectivity index (χ3v) is 4.71. The van der Waals surface area contributed by atoms with Crippen molar-refractivity contribution >= 4 is 35.0 Å². The SMILES string of the molecule is C[NH+]1CCN(c2ccc(Cl)cc2NC(=O)/C=C/c2ccc(F)cc2)CC1. The van der Waals surface area contributed by atoms with Gasteiger partial charge in [-0.25, -0.2) is 4.39 Å². The van der Waals surface area contributed by atoms with Gasteiger partial charge in [-0.15, -0.1) is 0 Å². The van der Waals surface area contributed by atoms with Gasteiger partial charge in [0.25, 0.3) is 0 Å². The molecule has 0 atom stereocenters. The summed E-state index contributed by atoms with van der Waals surface area (Å²) < 4.78 is 12.9. The monoisotopic (exact) mass is 374 g/mol.